The quantitative estimate of drug-likeness (QED) is 0.701. The molecule has 0 amide bonds. The van der Waals surface area contributed by atoms with E-state index in [2.05, 4.69) is 15.0 Å². The number of carboxylic acid groups (broad SMARTS) is 1. The normalized spacial score (nSPS) is 19.6. The van der Waals surface area contributed by atoms with E-state index in [0.29, 0.717) is 22.7 Å². The molecule has 0 fully saturated rings. The monoisotopic (exact) mass is 444 g/mol. The molecule has 34 heavy (non-hydrogen) atoms. The molecule has 2 N–H and O–H groups in total. The third kappa shape index (κ3) is 3.65. The lowest BCUT2D eigenvalue weighted by Crippen LogP contribution is -1.98. The number of carboxylic acids is 1. The molecule has 0 radical (unpaired) electrons. The van der Waals surface area contributed by atoms with Gasteiger partial charge in [-0.3, -0.25) is 0 Å². The Morgan fingerprint density at radius 2 is 1.21 bits per heavy atom. The highest BCUT2D eigenvalue weighted by molar-refractivity contribution is 6.19. The smallest absolute Gasteiger partial charge is 0.339 e. The average molecular weight is 444 g/mol. The zero-order chi connectivity index (χ0) is 23.2. The second kappa shape index (κ2) is 7.60. The average Bonchev–Trinajstić information content (AvgIpc) is 3.59. The standard InChI is InChI=1S/C27H16N4O3/c32-26-8-1-15(9-24(26)27(33)34)23-13-22-12-20-5-4-18(29-20)10-16-2-3-17(28-16)11-19-6-7-21(30-19)14-25(23)31-22/h1-14,32H,(H,33,34). The Morgan fingerprint density at radius 3 is 1.79 bits per heavy atom. The van der Waals surface area contributed by atoms with Crippen LogP contribution in [0.5, 0.6) is 5.75 Å². The van der Waals surface area contributed by atoms with E-state index in [-0.39, 0.29) is 11.3 Å². The zero-order valence-corrected chi connectivity index (χ0v) is 17.7. The fourth-order valence-corrected chi connectivity index (χ4v) is 4.00. The summed E-state index contributed by atoms with van der Waals surface area (Å²) in [7, 11) is 0. The number of phenols is 1. The summed E-state index contributed by atoms with van der Waals surface area (Å²) >= 11 is 0. The van der Waals surface area contributed by atoms with Gasteiger partial charge in [0.25, 0.3) is 0 Å². The molecule has 5 aliphatic heterocycles. The van der Waals surface area contributed by atoms with E-state index in [1.165, 1.54) is 12.1 Å². The number of fused-ring (bicyclic) bond motifs is 4. The van der Waals surface area contributed by atoms with E-state index in [1.807, 2.05) is 66.8 Å². The van der Waals surface area contributed by atoms with Crippen molar-refractivity contribution in [3.63, 3.8) is 0 Å². The van der Waals surface area contributed by atoms with Crippen LogP contribution in [-0.4, -0.2) is 39.0 Å². The third-order valence-corrected chi connectivity index (χ3v) is 5.58. The molecule has 8 bridgehead atoms. The minimum absolute atomic E-state index is 0.170. The zero-order valence-electron chi connectivity index (χ0n) is 17.7. The summed E-state index contributed by atoms with van der Waals surface area (Å²) in [5.74, 6) is -1.49. The molecule has 0 saturated heterocycles. The minimum atomic E-state index is -1.20. The summed E-state index contributed by atoms with van der Waals surface area (Å²) < 4.78 is 0. The fourth-order valence-electron chi connectivity index (χ4n) is 4.00. The summed E-state index contributed by atoms with van der Waals surface area (Å²) in [6.07, 6.45) is 20.9. The first-order valence-electron chi connectivity index (χ1n) is 10.5. The van der Waals surface area contributed by atoms with Gasteiger partial charge in [-0.25, -0.2) is 24.8 Å². The first kappa shape index (κ1) is 19.8. The summed E-state index contributed by atoms with van der Waals surface area (Å²) in [4.78, 5) is 30.2. The molecule has 0 aromatic heterocycles. The van der Waals surface area contributed by atoms with Gasteiger partial charge in [0.15, 0.2) is 0 Å². The molecule has 5 heterocycles. The Morgan fingerprint density at radius 1 is 0.647 bits per heavy atom. The van der Waals surface area contributed by atoms with Crippen molar-refractivity contribution in [3.8, 4) is 5.75 Å². The van der Waals surface area contributed by atoms with Crippen LogP contribution in [0, 0.1) is 0 Å². The van der Waals surface area contributed by atoms with Crippen LogP contribution in [0.15, 0.2) is 128 Å². The van der Waals surface area contributed by atoms with Gasteiger partial charge in [-0.1, -0.05) is 6.07 Å². The van der Waals surface area contributed by atoms with Crippen molar-refractivity contribution >= 4 is 34.4 Å². The molecule has 162 valence electrons. The third-order valence-electron chi connectivity index (χ3n) is 5.58. The van der Waals surface area contributed by atoms with Crippen molar-refractivity contribution in [2.24, 2.45) is 20.0 Å². The molecule has 0 aliphatic carbocycles. The molecule has 7 nitrogen and oxygen atoms in total. The summed E-state index contributed by atoms with van der Waals surface area (Å²) in [5, 5.41) is 19.4. The maximum absolute atomic E-state index is 11.6. The molecule has 0 unspecified atom stereocenters. The van der Waals surface area contributed by atoms with Crippen molar-refractivity contribution in [1.82, 2.24) is 0 Å². The summed E-state index contributed by atoms with van der Waals surface area (Å²) in [6, 6.07) is 4.50. The van der Waals surface area contributed by atoms with Crippen LogP contribution < -0.4 is 0 Å². The molecular formula is C27H16N4O3. The van der Waals surface area contributed by atoms with Gasteiger partial charge < -0.3 is 10.2 Å². The van der Waals surface area contributed by atoms with Gasteiger partial charge >= 0.3 is 5.97 Å². The van der Waals surface area contributed by atoms with E-state index in [9.17, 15) is 15.0 Å². The van der Waals surface area contributed by atoms with Gasteiger partial charge in [0.05, 0.1) is 45.6 Å². The van der Waals surface area contributed by atoms with Gasteiger partial charge in [-0.15, -0.1) is 0 Å². The van der Waals surface area contributed by atoms with Crippen molar-refractivity contribution in [1.29, 1.82) is 0 Å². The van der Waals surface area contributed by atoms with E-state index in [1.54, 1.807) is 6.07 Å². The van der Waals surface area contributed by atoms with E-state index < -0.39 is 5.97 Å². The maximum Gasteiger partial charge on any atom is 0.339 e. The van der Waals surface area contributed by atoms with E-state index >= 15 is 0 Å². The first-order chi connectivity index (χ1) is 16.5. The highest BCUT2D eigenvalue weighted by Crippen LogP contribution is 2.33. The van der Waals surface area contributed by atoms with Crippen LogP contribution in [0.25, 0.3) is 5.57 Å². The van der Waals surface area contributed by atoms with Crippen LogP contribution in [0.2, 0.25) is 0 Å². The number of rotatable bonds is 2. The Labute approximate surface area is 194 Å². The molecular weight excluding hydrogens is 428 g/mol. The number of aromatic hydroxyl groups is 1. The van der Waals surface area contributed by atoms with Crippen molar-refractivity contribution in [3.05, 3.63) is 119 Å². The van der Waals surface area contributed by atoms with Gasteiger partial charge in [0, 0.05) is 5.57 Å². The number of hydrogen-bond acceptors (Lipinski definition) is 6. The SMILES string of the molecule is O=C(O)c1cc(C2=CC3=NC2=CC2=NC(=CC4=NC(=CC5=NC(=C3)C=C5)C=C4)C=C2)ccc1O. The highest BCUT2D eigenvalue weighted by Gasteiger charge is 2.20. The van der Waals surface area contributed by atoms with Crippen LogP contribution in [0.1, 0.15) is 15.9 Å². The van der Waals surface area contributed by atoms with Gasteiger partial charge in [-0.05, 0) is 84.5 Å². The van der Waals surface area contributed by atoms with Gasteiger partial charge in [-0.2, -0.15) is 0 Å². The lowest BCUT2D eigenvalue weighted by Gasteiger charge is -2.07. The van der Waals surface area contributed by atoms with Crippen LogP contribution in [-0.2, 0) is 0 Å². The second-order valence-corrected chi connectivity index (χ2v) is 7.98. The molecule has 1 aromatic carbocycles. The number of benzene rings is 1. The Balaban J connectivity index is 1.50. The molecule has 0 spiro atoms. The lowest BCUT2D eigenvalue weighted by molar-refractivity contribution is 0.0693. The number of allylic oxidation sites excluding steroid dienone is 12. The number of aromatic carboxylic acids is 1. The molecule has 0 saturated carbocycles. The fraction of sp³-hybridized carbons (Fsp3) is 0. The number of nitrogens with zero attached hydrogens (tertiary/aromatic N) is 4. The molecule has 5 aliphatic rings. The predicted octanol–water partition coefficient (Wildman–Crippen LogP) is 4.51. The Kier molecular flexibility index (Phi) is 4.41. The largest absolute Gasteiger partial charge is 0.507 e. The number of hydrogen-bond donors (Lipinski definition) is 2. The van der Waals surface area contributed by atoms with Gasteiger partial charge in [0.2, 0.25) is 0 Å². The van der Waals surface area contributed by atoms with Gasteiger partial charge in [0.1, 0.15) is 11.3 Å². The Bertz CT molecular complexity index is 1560. The minimum Gasteiger partial charge on any atom is -0.507 e. The van der Waals surface area contributed by atoms with Crippen molar-refractivity contribution < 1.29 is 15.0 Å². The summed E-state index contributed by atoms with van der Waals surface area (Å²) in [5.41, 5.74) is 7.15. The second-order valence-electron chi connectivity index (χ2n) is 7.98. The van der Waals surface area contributed by atoms with E-state index in [0.717, 1.165) is 34.1 Å². The molecule has 7 heteroatoms. The van der Waals surface area contributed by atoms with Crippen molar-refractivity contribution in [2.45, 2.75) is 0 Å². The molecule has 6 rings (SSSR count). The molecule has 0 atom stereocenters. The number of aliphatic imine (C=N–C) groups is 4. The van der Waals surface area contributed by atoms with Crippen LogP contribution >= 0.6 is 0 Å². The number of carbonyl (C=O) groups is 1. The highest BCUT2D eigenvalue weighted by atomic mass is 16.4. The maximum atomic E-state index is 11.6. The lowest BCUT2D eigenvalue weighted by atomic mass is 9.99. The summed E-state index contributed by atoms with van der Waals surface area (Å²) in [6.45, 7) is 0. The van der Waals surface area contributed by atoms with Crippen LogP contribution in [0.4, 0.5) is 0 Å². The molecule has 1 aromatic rings. The van der Waals surface area contributed by atoms with Crippen LogP contribution in [0.3, 0.4) is 0 Å². The predicted molar refractivity (Wildman–Crippen MR) is 133 cm³/mol. The topological polar surface area (TPSA) is 107 Å². The Hall–Kier alpha value is -4.91. The first-order valence-corrected chi connectivity index (χ1v) is 10.5. The van der Waals surface area contributed by atoms with Crippen molar-refractivity contribution in [2.75, 3.05) is 0 Å². The van der Waals surface area contributed by atoms with E-state index in [4.69, 9.17) is 4.99 Å².